The van der Waals surface area contributed by atoms with E-state index in [1.54, 1.807) is 13.0 Å². The van der Waals surface area contributed by atoms with Crippen LogP contribution < -0.4 is 0 Å². The molecule has 0 fully saturated rings. The van der Waals surface area contributed by atoms with Gasteiger partial charge in [-0.15, -0.1) is 0 Å². The second-order valence-electron chi connectivity index (χ2n) is 2.16. The van der Waals surface area contributed by atoms with E-state index in [1.807, 2.05) is 0 Å². The molecule has 1 heterocycles. The summed E-state index contributed by atoms with van der Waals surface area (Å²) in [4.78, 5) is 3.87. The van der Waals surface area contributed by atoms with E-state index in [4.69, 9.17) is 0 Å². The molecule has 1 aromatic rings. The van der Waals surface area contributed by atoms with Crippen molar-refractivity contribution in [2.75, 3.05) is 0 Å². The Balaban J connectivity index is 2.97. The molecule has 0 spiro atoms. The molecule has 0 unspecified atom stereocenters. The largest absolute Gasteiger partial charge is 0.270 e. The average molecular weight is 155 g/mol. The van der Waals surface area contributed by atoms with Gasteiger partial charge < -0.3 is 0 Å². The second-order valence-corrected chi connectivity index (χ2v) is 2.16. The molecule has 0 radical (unpaired) electrons. The number of hydrogen-bond donors (Lipinski definition) is 0. The van der Waals surface area contributed by atoms with E-state index in [0.717, 1.165) is 11.8 Å². The highest BCUT2D eigenvalue weighted by atomic mass is 19.3. The van der Waals surface area contributed by atoms with E-state index in [2.05, 4.69) is 4.98 Å². The van der Waals surface area contributed by atoms with Crippen molar-refractivity contribution < 1.29 is 8.78 Å². The standard InChI is InChI=1S/C8H7F2N/c1-6-4-7(2-3-11-6)5-8(9)10/h2-5H,1H3. The lowest BCUT2D eigenvalue weighted by molar-refractivity contribution is 0.429. The summed E-state index contributed by atoms with van der Waals surface area (Å²) in [6.07, 6.45) is 0.634. The first-order valence-corrected chi connectivity index (χ1v) is 3.14. The quantitative estimate of drug-likeness (QED) is 0.607. The van der Waals surface area contributed by atoms with Crippen LogP contribution in [0.4, 0.5) is 8.78 Å². The fourth-order valence-electron chi connectivity index (χ4n) is 0.783. The minimum Gasteiger partial charge on any atom is -0.262 e. The maximum atomic E-state index is 11.7. The van der Waals surface area contributed by atoms with Crippen LogP contribution in [0.5, 0.6) is 0 Å². The molecule has 0 N–H and O–H groups in total. The van der Waals surface area contributed by atoms with Crippen molar-refractivity contribution in [1.29, 1.82) is 0 Å². The minimum atomic E-state index is -1.68. The van der Waals surface area contributed by atoms with Crippen molar-refractivity contribution in [1.82, 2.24) is 4.98 Å². The van der Waals surface area contributed by atoms with Gasteiger partial charge in [-0.2, -0.15) is 8.78 Å². The highest BCUT2D eigenvalue weighted by Crippen LogP contribution is 2.08. The van der Waals surface area contributed by atoms with Crippen LogP contribution in [0, 0.1) is 6.92 Å². The minimum absolute atomic E-state index is 0.484. The van der Waals surface area contributed by atoms with E-state index in [-0.39, 0.29) is 0 Å². The number of aromatic nitrogens is 1. The van der Waals surface area contributed by atoms with E-state index < -0.39 is 6.08 Å². The lowest BCUT2D eigenvalue weighted by atomic mass is 10.2. The molecule has 0 saturated heterocycles. The summed E-state index contributed by atoms with van der Waals surface area (Å²) in [5.74, 6) is 0. The van der Waals surface area contributed by atoms with Crippen LogP contribution in [0.3, 0.4) is 0 Å². The Kier molecular flexibility index (Phi) is 2.31. The van der Waals surface area contributed by atoms with Crippen LogP contribution in [0.1, 0.15) is 11.3 Å². The van der Waals surface area contributed by atoms with Crippen molar-refractivity contribution >= 4 is 6.08 Å². The molecule has 0 amide bonds. The number of hydrogen-bond acceptors (Lipinski definition) is 1. The smallest absolute Gasteiger partial charge is 0.262 e. The molecule has 0 saturated carbocycles. The van der Waals surface area contributed by atoms with Crippen LogP contribution >= 0.6 is 0 Å². The molecule has 0 aliphatic rings. The topological polar surface area (TPSA) is 12.9 Å². The highest BCUT2D eigenvalue weighted by molar-refractivity contribution is 5.49. The van der Waals surface area contributed by atoms with E-state index in [9.17, 15) is 8.78 Å². The van der Waals surface area contributed by atoms with Crippen LogP contribution in [-0.2, 0) is 0 Å². The monoisotopic (exact) mass is 155 g/mol. The summed E-state index contributed by atoms with van der Waals surface area (Å²) in [5.41, 5.74) is 1.22. The summed E-state index contributed by atoms with van der Waals surface area (Å²) in [5, 5.41) is 0. The molecule has 0 aliphatic heterocycles. The van der Waals surface area contributed by atoms with Gasteiger partial charge in [0.25, 0.3) is 6.08 Å². The number of rotatable bonds is 1. The lowest BCUT2D eigenvalue weighted by Gasteiger charge is -1.92. The number of aryl methyl sites for hydroxylation is 1. The summed E-state index contributed by atoms with van der Waals surface area (Å²) in [6.45, 7) is 1.76. The lowest BCUT2D eigenvalue weighted by Crippen LogP contribution is -1.80. The first-order chi connectivity index (χ1) is 5.18. The predicted molar refractivity (Wildman–Crippen MR) is 39.2 cm³/mol. The zero-order chi connectivity index (χ0) is 8.27. The third kappa shape index (κ3) is 2.45. The SMILES string of the molecule is Cc1cc(C=C(F)F)ccn1. The van der Waals surface area contributed by atoms with E-state index in [0.29, 0.717) is 5.56 Å². The van der Waals surface area contributed by atoms with Gasteiger partial charge in [0.2, 0.25) is 0 Å². The normalized spacial score (nSPS) is 9.36. The van der Waals surface area contributed by atoms with Crippen LogP contribution in [0.15, 0.2) is 24.4 Å². The van der Waals surface area contributed by atoms with Gasteiger partial charge in [0.05, 0.1) is 0 Å². The van der Waals surface area contributed by atoms with Gasteiger partial charge in [-0.05, 0) is 24.6 Å². The van der Waals surface area contributed by atoms with Gasteiger partial charge in [-0.25, -0.2) is 0 Å². The maximum Gasteiger partial charge on any atom is 0.270 e. The Bertz CT molecular complexity index is 277. The first-order valence-electron chi connectivity index (χ1n) is 3.14. The van der Waals surface area contributed by atoms with E-state index in [1.165, 1.54) is 12.3 Å². The number of pyridine rings is 1. The number of nitrogens with zero attached hydrogens (tertiary/aromatic N) is 1. The molecule has 1 rings (SSSR count). The Morgan fingerprint density at radius 2 is 2.27 bits per heavy atom. The molecule has 58 valence electrons. The molecule has 0 aliphatic carbocycles. The summed E-state index contributed by atoms with van der Waals surface area (Å²) in [7, 11) is 0. The zero-order valence-electron chi connectivity index (χ0n) is 6.01. The van der Waals surface area contributed by atoms with Gasteiger partial charge >= 0.3 is 0 Å². The number of halogens is 2. The predicted octanol–water partition coefficient (Wildman–Crippen LogP) is 2.63. The Morgan fingerprint density at radius 1 is 1.55 bits per heavy atom. The Labute approximate surface area is 63.4 Å². The van der Waals surface area contributed by atoms with Crippen LogP contribution in [0.25, 0.3) is 6.08 Å². The van der Waals surface area contributed by atoms with Crippen molar-refractivity contribution in [3.05, 3.63) is 35.7 Å². The Morgan fingerprint density at radius 3 is 2.82 bits per heavy atom. The van der Waals surface area contributed by atoms with Gasteiger partial charge in [-0.3, -0.25) is 4.98 Å². The van der Waals surface area contributed by atoms with Crippen molar-refractivity contribution in [3.63, 3.8) is 0 Å². The molecular weight excluding hydrogens is 148 g/mol. The molecule has 1 nitrogen and oxygen atoms in total. The zero-order valence-corrected chi connectivity index (χ0v) is 6.01. The highest BCUT2D eigenvalue weighted by Gasteiger charge is 1.92. The molecular formula is C8H7F2N. The average Bonchev–Trinajstić information content (AvgIpc) is 1.85. The van der Waals surface area contributed by atoms with Gasteiger partial charge in [0, 0.05) is 18.0 Å². The molecule has 3 heteroatoms. The van der Waals surface area contributed by atoms with Crippen molar-refractivity contribution in [3.8, 4) is 0 Å². The van der Waals surface area contributed by atoms with Crippen LogP contribution in [0.2, 0.25) is 0 Å². The fraction of sp³-hybridized carbons (Fsp3) is 0.125. The van der Waals surface area contributed by atoms with Gasteiger partial charge in [0.1, 0.15) is 0 Å². The van der Waals surface area contributed by atoms with Crippen LogP contribution in [-0.4, -0.2) is 4.98 Å². The third-order valence-corrected chi connectivity index (χ3v) is 1.20. The molecule has 11 heavy (non-hydrogen) atoms. The Hall–Kier alpha value is -1.25. The molecule has 0 bridgehead atoms. The van der Waals surface area contributed by atoms with Crippen molar-refractivity contribution in [2.45, 2.75) is 6.92 Å². The van der Waals surface area contributed by atoms with Gasteiger partial charge in [0.15, 0.2) is 0 Å². The molecule has 1 aromatic heterocycles. The van der Waals surface area contributed by atoms with Gasteiger partial charge in [-0.1, -0.05) is 0 Å². The maximum absolute atomic E-state index is 11.7. The molecule has 0 atom stereocenters. The summed E-state index contributed by atoms with van der Waals surface area (Å²) in [6, 6.07) is 3.13. The third-order valence-electron chi connectivity index (χ3n) is 1.20. The van der Waals surface area contributed by atoms with E-state index >= 15 is 0 Å². The summed E-state index contributed by atoms with van der Waals surface area (Å²) < 4.78 is 23.4. The molecule has 0 aromatic carbocycles. The first kappa shape index (κ1) is 7.85. The second kappa shape index (κ2) is 3.23. The fourth-order valence-corrected chi connectivity index (χ4v) is 0.783. The van der Waals surface area contributed by atoms with Crippen molar-refractivity contribution in [2.24, 2.45) is 0 Å². The summed E-state index contributed by atoms with van der Waals surface area (Å²) >= 11 is 0.